The van der Waals surface area contributed by atoms with Crippen molar-refractivity contribution < 1.29 is 14.2 Å². The van der Waals surface area contributed by atoms with Gasteiger partial charge in [-0.25, -0.2) is 4.39 Å². The van der Waals surface area contributed by atoms with Gasteiger partial charge in [-0.15, -0.1) is 0 Å². The maximum atomic E-state index is 13.2. The number of aromatic hydroxyl groups is 1. The van der Waals surface area contributed by atoms with Crippen LogP contribution in [0.2, 0.25) is 0 Å². The third-order valence-corrected chi connectivity index (χ3v) is 2.96. The third-order valence-electron chi connectivity index (χ3n) is 2.96. The molecule has 0 bridgehead atoms. The van der Waals surface area contributed by atoms with E-state index in [9.17, 15) is 9.50 Å². The van der Waals surface area contributed by atoms with Crippen LogP contribution in [0.1, 0.15) is 19.4 Å². The Balaban J connectivity index is 2.07. The number of hydrogen-bond donors (Lipinski definition) is 1. The summed E-state index contributed by atoms with van der Waals surface area (Å²) in [5, 5.41) is 9.63. The van der Waals surface area contributed by atoms with Crippen LogP contribution in [0, 0.1) is 5.82 Å². The molecule has 1 aliphatic heterocycles. The molecule has 2 atom stereocenters. The predicted octanol–water partition coefficient (Wildman–Crippen LogP) is 2.14. The van der Waals surface area contributed by atoms with Crippen molar-refractivity contribution in [3.05, 3.63) is 29.6 Å². The van der Waals surface area contributed by atoms with E-state index in [1.54, 1.807) is 12.1 Å². The summed E-state index contributed by atoms with van der Waals surface area (Å²) < 4.78 is 18.8. The second kappa shape index (κ2) is 5.02. The maximum Gasteiger partial charge on any atom is 0.165 e. The summed E-state index contributed by atoms with van der Waals surface area (Å²) in [6.07, 6.45) is 0.351. The van der Waals surface area contributed by atoms with Crippen molar-refractivity contribution in [1.82, 2.24) is 4.90 Å². The van der Waals surface area contributed by atoms with E-state index >= 15 is 0 Å². The van der Waals surface area contributed by atoms with E-state index in [1.807, 2.05) is 13.8 Å². The van der Waals surface area contributed by atoms with Gasteiger partial charge in [0.2, 0.25) is 0 Å². The second-order valence-electron chi connectivity index (χ2n) is 4.70. The van der Waals surface area contributed by atoms with Crippen molar-refractivity contribution in [2.24, 2.45) is 0 Å². The molecule has 1 aliphatic rings. The van der Waals surface area contributed by atoms with Gasteiger partial charge >= 0.3 is 0 Å². The zero-order valence-corrected chi connectivity index (χ0v) is 10.2. The summed E-state index contributed by atoms with van der Waals surface area (Å²) in [5.41, 5.74) is 0.631. The van der Waals surface area contributed by atoms with Gasteiger partial charge in [0.15, 0.2) is 11.6 Å². The van der Waals surface area contributed by atoms with Gasteiger partial charge in [0.1, 0.15) is 0 Å². The zero-order valence-electron chi connectivity index (χ0n) is 10.2. The summed E-state index contributed by atoms with van der Waals surface area (Å²) >= 11 is 0. The lowest BCUT2D eigenvalue weighted by atomic mass is 10.1. The number of nitrogens with zero attached hydrogens (tertiary/aromatic N) is 1. The fourth-order valence-electron chi connectivity index (χ4n) is 2.34. The molecule has 1 saturated heterocycles. The molecule has 94 valence electrons. The topological polar surface area (TPSA) is 32.7 Å². The van der Waals surface area contributed by atoms with E-state index < -0.39 is 5.82 Å². The molecule has 1 fully saturated rings. The van der Waals surface area contributed by atoms with Crippen LogP contribution in [-0.4, -0.2) is 35.3 Å². The molecule has 3 nitrogen and oxygen atoms in total. The minimum atomic E-state index is -0.558. The third kappa shape index (κ3) is 2.96. The van der Waals surface area contributed by atoms with Crippen LogP contribution in [0.3, 0.4) is 0 Å². The quantitative estimate of drug-likeness (QED) is 0.858. The van der Waals surface area contributed by atoms with Crippen molar-refractivity contribution in [2.45, 2.75) is 32.6 Å². The van der Waals surface area contributed by atoms with Crippen molar-refractivity contribution in [3.63, 3.8) is 0 Å². The standard InChI is InChI=1S/C13H18FNO2/c1-9-6-15(7-10(2)17-9)8-11-4-3-5-12(14)13(11)16/h3-5,9-10,16H,6-8H2,1-2H3/t9-,10+. The molecule has 0 aromatic heterocycles. The Labute approximate surface area is 101 Å². The van der Waals surface area contributed by atoms with Gasteiger partial charge in [-0.05, 0) is 19.9 Å². The van der Waals surface area contributed by atoms with Gasteiger partial charge in [0.25, 0.3) is 0 Å². The highest BCUT2D eigenvalue weighted by molar-refractivity contribution is 5.33. The smallest absolute Gasteiger partial charge is 0.165 e. The minimum Gasteiger partial charge on any atom is -0.505 e. The number of halogens is 1. The molecular weight excluding hydrogens is 221 g/mol. The van der Waals surface area contributed by atoms with Gasteiger partial charge in [0.05, 0.1) is 12.2 Å². The summed E-state index contributed by atoms with van der Waals surface area (Å²) in [5.74, 6) is -0.795. The lowest BCUT2D eigenvalue weighted by Crippen LogP contribution is -2.44. The minimum absolute atomic E-state index is 0.175. The molecule has 1 aromatic carbocycles. The number of phenolic OH excluding ortho intramolecular Hbond substituents is 1. The van der Waals surface area contributed by atoms with E-state index in [2.05, 4.69) is 4.90 Å². The second-order valence-corrected chi connectivity index (χ2v) is 4.70. The Morgan fingerprint density at radius 1 is 1.35 bits per heavy atom. The van der Waals surface area contributed by atoms with Gasteiger partial charge in [-0.3, -0.25) is 4.90 Å². The van der Waals surface area contributed by atoms with E-state index in [1.165, 1.54) is 6.07 Å². The first-order valence-electron chi connectivity index (χ1n) is 5.90. The lowest BCUT2D eigenvalue weighted by molar-refractivity contribution is -0.0706. The molecule has 0 saturated carbocycles. The first-order chi connectivity index (χ1) is 8.06. The molecule has 0 radical (unpaired) electrons. The molecular formula is C13H18FNO2. The predicted molar refractivity (Wildman–Crippen MR) is 63.4 cm³/mol. The summed E-state index contributed by atoms with van der Waals surface area (Å²) in [7, 11) is 0. The molecule has 0 amide bonds. The summed E-state index contributed by atoms with van der Waals surface area (Å²) in [4.78, 5) is 2.17. The first-order valence-corrected chi connectivity index (χ1v) is 5.90. The molecule has 1 N–H and O–H groups in total. The SMILES string of the molecule is C[C@@H]1CN(Cc2cccc(F)c2O)C[C@H](C)O1. The largest absolute Gasteiger partial charge is 0.505 e. The van der Waals surface area contributed by atoms with Crippen molar-refractivity contribution in [1.29, 1.82) is 0 Å². The Bertz CT molecular complexity index is 387. The van der Waals surface area contributed by atoms with Crippen LogP contribution in [0.4, 0.5) is 4.39 Å². The maximum absolute atomic E-state index is 13.2. The lowest BCUT2D eigenvalue weighted by Gasteiger charge is -2.35. The summed E-state index contributed by atoms with van der Waals surface area (Å²) in [6.45, 7) is 6.21. The monoisotopic (exact) mass is 239 g/mol. The average molecular weight is 239 g/mol. The fraction of sp³-hybridized carbons (Fsp3) is 0.538. The van der Waals surface area contributed by atoms with Crippen molar-refractivity contribution in [2.75, 3.05) is 13.1 Å². The first kappa shape index (κ1) is 12.3. The van der Waals surface area contributed by atoms with E-state index in [-0.39, 0.29) is 18.0 Å². The van der Waals surface area contributed by atoms with Gasteiger partial charge < -0.3 is 9.84 Å². The van der Waals surface area contributed by atoms with E-state index in [4.69, 9.17) is 4.74 Å². The summed E-state index contributed by atoms with van der Waals surface area (Å²) in [6, 6.07) is 4.64. The Hall–Kier alpha value is -1.13. The number of para-hydroxylation sites is 1. The normalized spacial score (nSPS) is 26.1. The molecule has 0 aliphatic carbocycles. The van der Waals surface area contributed by atoms with Gasteiger partial charge in [0, 0.05) is 25.2 Å². The molecule has 4 heteroatoms. The number of rotatable bonds is 2. The molecule has 17 heavy (non-hydrogen) atoms. The Kier molecular flexibility index (Phi) is 3.64. The van der Waals surface area contributed by atoms with Crippen LogP contribution in [-0.2, 0) is 11.3 Å². The zero-order chi connectivity index (χ0) is 12.4. The number of ether oxygens (including phenoxy) is 1. The van der Waals surface area contributed by atoms with Crippen molar-refractivity contribution >= 4 is 0 Å². The highest BCUT2D eigenvalue weighted by Gasteiger charge is 2.23. The van der Waals surface area contributed by atoms with Gasteiger partial charge in [-0.2, -0.15) is 0 Å². The fourth-order valence-corrected chi connectivity index (χ4v) is 2.34. The van der Waals surface area contributed by atoms with Gasteiger partial charge in [-0.1, -0.05) is 12.1 Å². The van der Waals surface area contributed by atoms with Crippen LogP contribution >= 0.6 is 0 Å². The average Bonchev–Trinajstić information content (AvgIpc) is 2.23. The molecule has 0 spiro atoms. The Morgan fingerprint density at radius 2 is 2.00 bits per heavy atom. The molecule has 1 heterocycles. The van der Waals surface area contributed by atoms with Crippen LogP contribution in [0.5, 0.6) is 5.75 Å². The number of hydrogen-bond acceptors (Lipinski definition) is 3. The van der Waals surface area contributed by atoms with Crippen LogP contribution in [0.15, 0.2) is 18.2 Å². The highest BCUT2D eigenvalue weighted by atomic mass is 19.1. The Morgan fingerprint density at radius 3 is 2.65 bits per heavy atom. The highest BCUT2D eigenvalue weighted by Crippen LogP contribution is 2.23. The van der Waals surface area contributed by atoms with E-state index in [0.29, 0.717) is 12.1 Å². The van der Waals surface area contributed by atoms with Crippen LogP contribution < -0.4 is 0 Å². The number of benzene rings is 1. The molecule has 0 unspecified atom stereocenters. The number of morpholine rings is 1. The molecule has 1 aromatic rings. The van der Waals surface area contributed by atoms with Crippen molar-refractivity contribution in [3.8, 4) is 5.75 Å². The van der Waals surface area contributed by atoms with Crippen LogP contribution in [0.25, 0.3) is 0 Å². The molecule has 2 rings (SSSR count). The number of phenols is 1. The van der Waals surface area contributed by atoms with E-state index in [0.717, 1.165) is 13.1 Å².